The van der Waals surface area contributed by atoms with Gasteiger partial charge in [-0.1, -0.05) is 0 Å². The maximum Gasteiger partial charge on any atom is 0.421 e. The lowest BCUT2D eigenvalue weighted by Gasteiger charge is -2.18. The van der Waals surface area contributed by atoms with Crippen molar-refractivity contribution in [1.82, 2.24) is 4.90 Å². The molecule has 1 aromatic rings. The van der Waals surface area contributed by atoms with Crippen LogP contribution in [0.15, 0.2) is 23.4 Å². The number of nitrogens with zero attached hydrogens (tertiary/aromatic N) is 2. The maximum atomic E-state index is 13.8. The van der Waals surface area contributed by atoms with Gasteiger partial charge in [0.15, 0.2) is 0 Å². The summed E-state index contributed by atoms with van der Waals surface area (Å²) in [5.74, 6) is -3.54. The predicted octanol–water partition coefficient (Wildman–Crippen LogP) is 1.39. The van der Waals surface area contributed by atoms with Crippen LogP contribution in [0, 0.1) is 17.1 Å². The van der Waals surface area contributed by atoms with Crippen molar-refractivity contribution in [3.8, 4) is 6.07 Å². The first-order valence-electron chi connectivity index (χ1n) is 7.44. The second kappa shape index (κ2) is 7.63. The lowest BCUT2D eigenvalue weighted by atomic mass is 10.1. The molecule has 2 N–H and O–H groups in total. The van der Waals surface area contributed by atoms with Crippen LogP contribution in [0.25, 0.3) is 0 Å². The zero-order valence-electron chi connectivity index (χ0n) is 13.9. The zero-order chi connectivity index (χ0) is 20.4. The molecule has 7 nitrogen and oxygen atoms in total. The van der Waals surface area contributed by atoms with Crippen molar-refractivity contribution in [2.45, 2.75) is 6.18 Å². The molecule has 1 aliphatic heterocycles. The first-order valence-corrected chi connectivity index (χ1v) is 7.44. The highest BCUT2D eigenvalue weighted by atomic mass is 19.4. The van der Waals surface area contributed by atoms with E-state index >= 15 is 0 Å². The van der Waals surface area contributed by atoms with E-state index < -0.39 is 53.0 Å². The predicted molar refractivity (Wildman–Crippen MR) is 82.4 cm³/mol. The van der Waals surface area contributed by atoms with Crippen molar-refractivity contribution < 1.29 is 37.0 Å². The van der Waals surface area contributed by atoms with Crippen LogP contribution < -0.4 is 5.32 Å². The Morgan fingerprint density at radius 2 is 2.11 bits per heavy atom. The monoisotopic (exact) mass is 387 g/mol. The second-order valence-electron chi connectivity index (χ2n) is 5.37. The normalized spacial score (nSPS) is 14.4. The Kier molecular flexibility index (Phi) is 5.70. The first kappa shape index (κ1) is 20.2. The summed E-state index contributed by atoms with van der Waals surface area (Å²) in [5, 5.41) is 20.2. The van der Waals surface area contributed by atoms with Gasteiger partial charge in [0.05, 0.1) is 37.1 Å². The van der Waals surface area contributed by atoms with Crippen molar-refractivity contribution in [3.05, 3.63) is 40.3 Å². The minimum atomic E-state index is -5.17. The lowest BCUT2D eigenvalue weighted by molar-refractivity contribution is -0.139. The van der Waals surface area contributed by atoms with Crippen LogP contribution >= 0.6 is 0 Å². The number of hydrogen-bond donors (Lipinski definition) is 2. The SMILES string of the molecule is COC(=O)C1=C(Nc2c(C#N)ccc(F)c2C(F)(F)F)C(=O)N(CCO)C1. The Balaban J connectivity index is 2.63. The van der Waals surface area contributed by atoms with Gasteiger partial charge in [0.2, 0.25) is 0 Å². The fraction of sp³-hybridized carbons (Fsp3) is 0.312. The van der Waals surface area contributed by atoms with Crippen LogP contribution in [0.1, 0.15) is 11.1 Å². The Labute approximate surface area is 150 Å². The number of alkyl halides is 3. The van der Waals surface area contributed by atoms with E-state index in [0.29, 0.717) is 6.07 Å². The molecule has 0 fully saturated rings. The maximum absolute atomic E-state index is 13.8. The number of anilines is 1. The molecule has 0 spiro atoms. The molecular weight excluding hydrogens is 374 g/mol. The highest BCUT2D eigenvalue weighted by molar-refractivity contribution is 6.08. The molecule has 0 saturated heterocycles. The van der Waals surface area contributed by atoms with Gasteiger partial charge < -0.3 is 20.1 Å². The lowest BCUT2D eigenvalue weighted by Crippen LogP contribution is -2.31. The Morgan fingerprint density at radius 3 is 2.63 bits per heavy atom. The summed E-state index contributed by atoms with van der Waals surface area (Å²) < 4.78 is 58.2. The van der Waals surface area contributed by atoms with E-state index in [2.05, 4.69) is 10.1 Å². The van der Waals surface area contributed by atoms with Gasteiger partial charge >= 0.3 is 12.1 Å². The van der Waals surface area contributed by atoms with E-state index in [1.54, 1.807) is 0 Å². The molecule has 2 rings (SSSR count). The molecule has 1 aliphatic rings. The summed E-state index contributed by atoms with van der Waals surface area (Å²) >= 11 is 0. The quantitative estimate of drug-likeness (QED) is 0.585. The number of nitriles is 1. The third-order valence-electron chi connectivity index (χ3n) is 3.76. The molecule has 0 aromatic heterocycles. The minimum absolute atomic E-state index is 0.190. The van der Waals surface area contributed by atoms with Crippen molar-refractivity contribution in [2.24, 2.45) is 0 Å². The molecule has 11 heteroatoms. The van der Waals surface area contributed by atoms with Gasteiger partial charge in [0.1, 0.15) is 23.1 Å². The van der Waals surface area contributed by atoms with Crippen molar-refractivity contribution >= 4 is 17.6 Å². The van der Waals surface area contributed by atoms with Gasteiger partial charge in [-0.2, -0.15) is 18.4 Å². The van der Waals surface area contributed by atoms with Crippen LogP contribution in [0.4, 0.5) is 23.2 Å². The zero-order valence-corrected chi connectivity index (χ0v) is 13.9. The van der Waals surface area contributed by atoms with E-state index in [0.717, 1.165) is 18.1 Å². The number of esters is 1. The number of amides is 1. The molecular formula is C16H13F4N3O4. The van der Waals surface area contributed by atoms with Gasteiger partial charge in [-0.05, 0) is 12.1 Å². The number of carbonyl (C=O) groups is 2. The fourth-order valence-corrected chi connectivity index (χ4v) is 2.55. The average molecular weight is 387 g/mol. The summed E-state index contributed by atoms with van der Waals surface area (Å²) in [7, 11) is 1.01. The number of benzene rings is 1. The third-order valence-corrected chi connectivity index (χ3v) is 3.76. The first-order chi connectivity index (χ1) is 12.6. The van der Waals surface area contributed by atoms with Gasteiger partial charge in [-0.3, -0.25) is 4.79 Å². The summed E-state index contributed by atoms with van der Waals surface area (Å²) in [6, 6.07) is 2.78. The van der Waals surface area contributed by atoms with E-state index in [-0.39, 0.29) is 18.7 Å². The second-order valence-corrected chi connectivity index (χ2v) is 5.37. The molecule has 27 heavy (non-hydrogen) atoms. The van der Waals surface area contributed by atoms with Crippen LogP contribution in [-0.2, 0) is 20.5 Å². The molecule has 1 heterocycles. The molecule has 0 saturated carbocycles. The molecule has 0 aliphatic carbocycles. The number of methoxy groups -OCH3 is 1. The summed E-state index contributed by atoms with van der Waals surface area (Å²) in [4.78, 5) is 25.3. The Morgan fingerprint density at radius 1 is 1.44 bits per heavy atom. The van der Waals surface area contributed by atoms with Gasteiger partial charge in [-0.25, -0.2) is 9.18 Å². The summed E-state index contributed by atoms with van der Waals surface area (Å²) in [6.07, 6.45) is -5.17. The number of aliphatic hydroxyl groups is 1. The average Bonchev–Trinajstić information content (AvgIpc) is 2.90. The molecule has 144 valence electrons. The number of hydrogen-bond acceptors (Lipinski definition) is 6. The molecule has 0 bridgehead atoms. The smallest absolute Gasteiger partial charge is 0.421 e. The van der Waals surface area contributed by atoms with E-state index in [1.165, 1.54) is 6.07 Å². The van der Waals surface area contributed by atoms with Crippen LogP contribution in [0.5, 0.6) is 0 Å². The number of halogens is 4. The highest BCUT2D eigenvalue weighted by Crippen LogP contribution is 2.39. The topological polar surface area (TPSA) is 103 Å². The number of nitrogens with one attached hydrogen (secondary N) is 1. The van der Waals surface area contributed by atoms with Crippen LogP contribution in [0.3, 0.4) is 0 Å². The number of β-amino-alcohol motifs (C(OH)–C–C–N with tert-alkyl or cyclic N) is 1. The van der Waals surface area contributed by atoms with Crippen molar-refractivity contribution in [2.75, 3.05) is 32.1 Å². The number of rotatable bonds is 5. The largest absolute Gasteiger partial charge is 0.466 e. The molecule has 1 aromatic carbocycles. The molecule has 0 unspecified atom stereocenters. The Hall–Kier alpha value is -3.13. The van der Waals surface area contributed by atoms with E-state index in [1.807, 2.05) is 0 Å². The molecule has 0 radical (unpaired) electrons. The fourth-order valence-electron chi connectivity index (χ4n) is 2.55. The van der Waals surface area contributed by atoms with Crippen molar-refractivity contribution in [1.29, 1.82) is 5.26 Å². The highest BCUT2D eigenvalue weighted by Gasteiger charge is 2.41. The van der Waals surface area contributed by atoms with Crippen LogP contribution in [-0.4, -0.2) is 48.7 Å². The number of carbonyl (C=O) groups excluding carboxylic acids is 2. The standard InChI is InChI=1S/C16H13F4N3O4/c1-27-15(26)9-7-23(4-5-24)14(25)13(9)22-12-8(6-21)2-3-10(17)11(12)16(18,19)20/h2-3,22,24H,4-5,7H2,1H3. The van der Waals surface area contributed by atoms with Crippen LogP contribution in [0.2, 0.25) is 0 Å². The summed E-state index contributed by atoms with van der Waals surface area (Å²) in [6.45, 7) is -0.970. The Bertz CT molecular complexity index is 858. The molecule has 0 atom stereocenters. The number of aliphatic hydroxyl groups excluding tert-OH is 1. The van der Waals surface area contributed by atoms with Gasteiger partial charge in [0, 0.05) is 6.54 Å². The van der Waals surface area contributed by atoms with E-state index in [9.17, 15) is 27.2 Å². The van der Waals surface area contributed by atoms with Gasteiger partial charge in [0.25, 0.3) is 5.91 Å². The number of ether oxygens (including phenoxy) is 1. The van der Waals surface area contributed by atoms with Crippen molar-refractivity contribution in [3.63, 3.8) is 0 Å². The van der Waals surface area contributed by atoms with E-state index in [4.69, 9.17) is 10.4 Å². The minimum Gasteiger partial charge on any atom is -0.466 e. The molecule has 1 amide bonds. The summed E-state index contributed by atoms with van der Waals surface area (Å²) in [5.41, 5.74) is -4.22. The van der Waals surface area contributed by atoms with Gasteiger partial charge in [-0.15, -0.1) is 0 Å². The third kappa shape index (κ3) is 3.85.